The lowest BCUT2D eigenvalue weighted by Crippen LogP contribution is -2.64. The summed E-state index contributed by atoms with van der Waals surface area (Å²) in [6, 6.07) is 11.0. The van der Waals surface area contributed by atoms with E-state index in [1.165, 1.54) is 12.1 Å². The molecule has 0 saturated heterocycles. The minimum absolute atomic E-state index is 0.00617. The first-order valence-corrected chi connectivity index (χ1v) is 11.0. The Morgan fingerprint density at radius 2 is 1.88 bits per heavy atom. The van der Waals surface area contributed by atoms with Gasteiger partial charge in [0, 0.05) is 28.1 Å². The molecule has 2 saturated carbocycles. The van der Waals surface area contributed by atoms with Crippen LogP contribution in [-0.2, 0) is 9.59 Å². The Morgan fingerprint density at radius 1 is 1.09 bits per heavy atom. The predicted octanol–water partition coefficient (Wildman–Crippen LogP) is 4.13. The van der Waals surface area contributed by atoms with Crippen molar-refractivity contribution in [3.8, 4) is 11.5 Å². The molecule has 2 aliphatic carbocycles. The minimum atomic E-state index is -0.603. The lowest BCUT2D eigenvalue weighted by Gasteiger charge is -2.45. The Bertz CT molecular complexity index is 1050. The molecule has 2 amide bonds. The summed E-state index contributed by atoms with van der Waals surface area (Å²) < 4.78 is 24.4. The molecule has 32 heavy (non-hydrogen) atoms. The van der Waals surface area contributed by atoms with E-state index >= 15 is 0 Å². The van der Waals surface area contributed by atoms with Crippen LogP contribution in [0.5, 0.6) is 11.5 Å². The Hall–Kier alpha value is -2.51. The van der Waals surface area contributed by atoms with Gasteiger partial charge in [-0.2, -0.15) is 0 Å². The van der Waals surface area contributed by atoms with Crippen molar-refractivity contribution in [1.29, 1.82) is 0 Å². The number of rotatable bonds is 9. The molecule has 2 aromatic carbocycles. The van der Waals surface area contributed by atoms with Gasteiger partial charge in [-0.15, -0.1) is 0 Å². The van der Waals surface area contributed by atoms with Gasteiger partial charge in [0.05, 0.1) is 18.1 Å². The van der Waals surface area contributed by atoms with Gasteiger partial charge in [-0.05, 0) is 50.1 Å². The van der Waals surface area contributed by atoms with Crippen LogP contribution >= 0.6 is 23.2 Å². The third-order valence-corrected chi connectivity index (χ3v) is 6.54. The van der Waals surface area contributed by atoms with E-state index in [2.05, 4.69) is 10.6 Å². The maximum Gasteiger partial charge on any atom is 0.258 e. The van der Waals surface area contributed by atoms with Gasteiger partial charge >= 0.3 is 0 Å². The van der Waals surface area contributed by atoms with Crippen molar-refractivity contribution in [2.24, 2.45) is 5.92 Å². The van der Waals surface area contributed by atoms with Crippen molar-refractivity contribution < 1.29 is 23.5 Å². The van der Waals surface area contributed by atoms with Crippen LogP contribution < -0.4 is 20.1 Å². The second kappa shape index (κ2) is 8.79. The molecule has 0 radical (unpaired) electrons. The number of carbonyl (C=O) groups is 2. The van der Waals surface area contributed by atoms with Gasteiger partial charge in [0.1, 0.15) is 17.3 Å². The summed E-state index contributed by atoms with van der Waals surface area (Å²) in [6.07, 6.45) is 1.66. The molecule has 0 spiro atoms. The van der Waals surface area contributed by atoms with Crippen LogP contribution in [0.2, 0.25) is 10.0 Å². The van der Waals surface area contributed by atoms with Crippen LogP contribution in [0.25, 0.3) is 0 Å². The lowest BCUT2D eigenvalue weighted by atomic mass is 9.74. The second-order valence-electron chi connectivity index (χ2n) is 8.52. The van der Waals surface area contributed by atoms with E-state index < -0.39 is 5.82 Å². The molecule has 2 N–H and O–H groups in total. The van der Waals surface area contributed by atoms with Crippen LogP contribution in [0, 0.1) is 11.7 Å². The van der Waals surface area contributed by atoms with Gasteiger partial charge in [0.25, 0.3) is 5.91 Å². The van der Waals surface area contributed by atoms with Crippen LogP contribution in [0.3, 0.4) is 0 Å². The van der Waals surface area contributed by atoms with Crippen LogP contribution in [0.15, 0.2) is 42.5 Å². The molecule has 0 heterocycles. The van der Waals surface area contributed by atoms with Gasteiger partial charge in [0.2, 0.25) is 5.91 Å². The molecule has 3 unspecified atom stereocenters. The fraction of sp³-hybridized carbons (Fsp3) is 0.391. The highest BCUT2D eigenvalue weighted by atomic mass is 35.5. The van der Waals surface area contributed by atoms with Crippen molar-refractivity contribution in [3.63, 3.8) is 0 Å². The number of amides is 2. The van der Waals surface area contributed by atoms with Crippen LogP contribution in [0.1, 0.15) is 26.2 Å². The topological polar surface area (TPSA) is 76.7 Å². The van der Waals surface area contributed by atoms with Crippen LogP contribution in [-0.4, -0.2) is 36.1 Å². The second-order valence-corrected chi connectivity index (χ2v) is 9.37. The number of fused-ring (bicyclic) bond motifs is 1. The summed E-state index contributed by atoms with van der Waals surface area (Å²) >= 11 is 11.6. The average molecular weight is 481 g/mol. The van der Waals surface area contributed by atoms with Crippen LogP contribution in [0.4, 0.5) is 4.39 Å². The van der Waals surface area contributed by atoms with E-state index in [4.69, 9.17) is 32.7 Å². The third kappa shape index (κ3) is 4.94. The van der Waals surface area contributed by atoms with Crippen molar-refractivity contribution in [3.05, 3.63) is 58.3 Å². The molecule has 2 aliphatic rings. The Balaban J connectivity index is 1.18. The standard InChI is InChI=1S/C23H23Cl2FN2O4/c1-22(27-20(29)7-8-31-15-4-2-3-14(24)9-15)13-23(11-19(22)23)28-21(30)12-32-16-5-6-17(25)18(26)10-16/h2-6,9-10,19H,7-8,11-13H2,1H3,(H,27,29)(H,28,30). The van der Waals surface area contributed by atoms with E-state index in [-0.39, 0.29) is 59.2 Å². The third-order valence-electron chi connectivity index (χ3n) is 6.00. The number of hydrogen-bond acceptors (Lipinski definition) is 4. The highest BCUT2D eigenvalue weighted by Gasteiger charge is 2.74. The Kier molecular flexibility index (Phi) is 6.23. The van der Waals surface area contributed by atoms with Crippen molar-refractivity contribution >= 4 is 35.0 Å². The summed E-state index contributed by atoms with van der Waals surface area (Å²) in [5.74, 6) is 0.0319. The molecule has 4 rings (SSSR count). The van der Waals surface area contributed by atoms with Gasteiger partial charge in [-0.25, -0.2) is 4.39 Å². The number of ether oxygens (including phenoxy) is 2. The van der Waals surface area contributed by atoms with Gasteiger partial charge in [-0.3, -0.25) is 9.59 Å². The number of carbonyl (C=O) groups excluding carboxylic acids is 2. The average Bonchev–Trinajstić information content (AvgIpc) is 3.35. The lowest BCUT2D eigenvalue weighted by molar-refractivity contribution is -0.126. The summed E-state index contributed by atoms with van der Waals surface area (Å²) in [5.41, 5.74) is -0.661. The Morgan fingerprint density at radius 3 is 2.59 bits per heavy atom. The molecule has 6 nitrogen and oxygen atoms in total. The summed E-state index contributed by atoms with van der Waals surface area (Å²) in [5, 5.41) is 6.63. The molecule has 2 fully saturated rings. The molecule has 0 aromatic heterocycles. The molecular weight excluding hydrogens is 458 g/mol. The first-order valence-electron chi connectivity index (χ1n) is 10.3. The van der Waals surface area contributed by atoms with E-state index in [1.807, 2.05) is 6.92 Å². The highest BCUT2D eigenvalue weighted by molar-refractivity contribution is 6.31. The number of halogens is 3. The van der Waals surface area contributed by atoms with E-state index in [1.54, 1.807) is 24.3 Å². The highest BCUT2D eigenvalue weighted by Crippen LogP contribution is 2.65. The maximum absolute atomic E-state index is 13.5. The molecular formula is C23H23Cl2FN2O4. The van der Waals surface area contributed by atoms with Crippen molar-refractivity contribution in [2.45, 2.75) is 37.3 Å². The van der Waals surface area contributed by atoms with Crippen molar-refractivity contribution in [1.82, 2.24) is 10.6 Å². The number of benzene rings is 2. The fourth-order valence-corrected chi connectivity index (χ4v) is 4.82. The first-order chi connectivity index (χ1) is 15.2. The molecule has 3 atom stereocenters. The SMILES string of the molecule is CC1(NC(=O)CCOc2cccc(Cl)c2)CC2(NC(=O)COc3ccc(Cl)c(F)c3)CC12. The Labute approximate surface area is 195 Å². The van der Waals surface area contributed by atoms with Gasteiger partial charge in [-0.1, -0.05) is 29.3 Å². The quantitative estimate of drug-likeness (QED) is 0.565. The van der Waals surface area contributed by atoms with Gasteiger partial charge < -0.3 is 20.1 Å². The largest absolute Gasteiger partial charge is 0.493 e. The molecule has 2 aromatic rings. The minimum Gasteiger partial charge on any atom is -0.493 e. The number of hydrogen-bond donors (Lipinski definition) is 2. The first kappa shape index (κ1) is 22.7. The summed E-state index contributed by atoms with van der Waals surface area (Å²) in [7, 11) is 0. The van der Waals surface area contributed by atoms with E-state index in [0.29, 0.717) is 17.2 Å². The molecule has 9 heteroatoms. The fourth-order valence-electron chi connectivity index (χ4n) is 4.53. The van der Waals surface area contributed by atoms with Gasteiger partial charge in [0.15, 0.2) is 6.61 Å². The summed E-state index contributed by atoms with van der Waals surface area (Å²) in [4.78, 5) is 24.6. The van der Waals surface area contributed by atoms with E-state index in [0.717, 1.165) is 12.5 Å². The zero-order valence-corrected chi connectivity index (χ0v) is 18.9. The molecule has 0 bridgehead atoms. The summed E-state index contributed by atoms with van der Waals surface area (Å²) in [6.45, 7) is 2.01. The zero-order chi connectivity index (χ0) is 22.9. The van der Waals surface area contributed by atoms with Crippen molar-refractivity contribution in [2.75, 3.05) is 13.2 Å². The smallest absolute Gasteiger partial charge is 0.258 e. The molecule has 0 aliphatic heterocycles. The molecule has 170 valence electrons. The predicted molar refractivity (Wildman–Crippen MR) is 119 cm³/mol. The monoisotopic (exact) mass is 480 g/mol. The maximum atomic E-state index is 13.5. The zero-order valence-electron chi connectivity index (χ0n) is 17.4. The normalized spacial score (nSPS) is 25.2. The van der Waals surface area contributed by atoms with E-state index in [9.17, 15) is 14.0 Å². The number of nitrogens with one attached hydrogen (secondary N) is 2.